The first kappa shape index (κ1) is 14.1. The van der Waals surface area contributed by atoms with Crippen LogP contribution >= 0.6 is 15.9 Å². The van der Waals surface area contributed by atoms with Crippen LogP contribution in [0.5, 0.6) is 5.75 Å². The van der Waals surface area contributed by atoms with Crippen molar-refractivity contribution < 1.29 is 9.90 Å². The maximum absolute atomic E-state index is 12.0. The normalized spacial score (nSPS) is 9.80. The molecular weight excluding hydrogens is 320 g/mol. The molecule has 0 saturated carbocycles. The molecular formula is C15H11BrN2O2. The van der Waals surface area contributed by atoms with Crippen LogP contribution in [0.1, 0.15) is 11.1 Å². The molecule has 0 atom stereocenters. The van der Waals surface area contributed by atoms with Crippen LogP contribution in [-0.2, 0) is 11.2 Å². The van der Waals surface area contributed by atoms with Gasteiger partial charge in [0.1, 0.15) is 11.8 Å². The molecule has 2 aromatic carbocycles. The topological polar surface area (TPSA) is 73.1 Å². The predicted octanol–water partition coefficient (Wildman–Crippen LogP) is 3.21. The van der Waals surface area contributed by atoms with E-state index in [4.69, 9.17) is 5.26 Å². The number of phenols is 1. The van der Waals surface area contributed by atoms with E-state index < -0.39 is 0 Å². The highest BCUT2D eigenvalue weighted by Crippen LogP contribution is 2.21. The molecule has 4 nitrogen and oxygen atoms in total. The largest absolute Gasteiger partial charge is 0.508 e. The Morgan fingerprint density at radius 3 is 2.80 bits per heavy atom. The molecule has 0 bridgehead atoms. The van der Waals surface area contributed by atoms with Crippen molar-refractivity contribution in [2.24, 2.45) is 0 Å². The molecule has 0 aliphatic heterocycles. The number of amides is 1. The van der Waals surface area contributed by atoms with Crippen LogP contribution in [0.4, 0.5) is 5.69 Å². The van der Waals surface area contributed by atoms with Crippen molar-refractivity contribution >= 4 is 27.5 Å². The highest BCUT2D eigenvalue weighted by Gasteiger charge is 2.08. The molecule has 20 heavy (non-hydrogen) atoms. The van der Waals surface area contributed by atoms with Crippen molar-refractivity contribution in [3.05, 3.63) is 58.1 Å². The molecule has 0 heterocycles. The van der Waals surface area contributed by atoms with E-state index in [1.807, 2.05) is 6.07 Å². The molecule has 2 aromatic rings. The number of nitrogens with one attached hydrogen (secondary N) is 1. The number of aromatic hydroxyl groups is 1. The molecule has 100 valence electrons. The first-order valence-electron chi connectivity index (χ1n) is 5.86. The summed E-state index contributed by atoms with van der Waals surface area (Å²) in [5.41, 5.74) is 1.57. The standard InChI is InChI=1S/C15H11BrN2O2/c16-12-5-4-11(9-17)14(8-12)18-15(20)7-10-2-1-3-13(19)6-10/h1-6,8,19H,7H2,(H,18,20). The van der Waals surface area contributed by atoms with Crippen molar-refractivity contribution in [1.82, 2.24) is 0 Å². The fraction of sp³-hybridized carbons (Fsp3) is 0.0667. The molecule has 0 aliphatic carbocycles. The van der Waals surface area contributed by atoms with Crippen molar-refractivity contribution in [3.8, 4) is 11.8 Å². The van der Waals surface area contributed by atoms with E-state index in [2.05, 4.69) is 21.2 Å². The van der Waals surface area contributed by atoms with E-state index in [1.54, 1.807) is 36.4 Å². The lowest BCUT2D eigenvalue weighted by Crippen LogP contribution is -2.15. The summed E-state index contributed by atoms with van der Waals surface area (Å²) >= 11 is 3.30. The van der Waals surface area contributed by atoms with Gasteiger partial charge in [0, 0.05) is 4.47 Å². The van der Waals surface area contributed by atoms with Gasteiger partial charge in [0.2, 0.25) is 5.91 Å². The van der Waals surface area contributed by atoms with E-state index in [0.717, 1.165) is 4.47 Å². The highest BCUT2D eigenvalue weighted by molar-refractivity contribution is 9.10. The predicted molar refractivity (Wildman–Crippen MR) is 79.3 cm³/mol. The minimum Gasteiger partial charge on any atom is -0.508 e. The quantitative estimate of drug-likeness (QED) is 0.907. The molecule has 0 fully saturated rings. The monoisotopic (exact) mass is 330 g/mol. The molecule has 0 aliphatic rings. The Morgan fingerprint density at radius 1 is 1.30 bits per heavy atom. The number of benzene rings is 2. The number of nitriles is 1. The van der Waals surface area contributed by atoms with Crippen molar-refractivity contribution in [2.75, 3.05) is 5.32 Å². The zero-order valence-electron chi connectivity index (χ0n) is 10.4. The van der Waals surface area contributed by atoms with Crippen molar-refractivity contribution in [1.29, 1.82) is 5.26 Å². The smallest absolute Gasteiger partial charge is 0.228 e. The fourth-order valence-corrected chi connectivity index (χ4v) is 2.12. The SMILES string of the molecule is N#Cc1ccc(Br)cc1NC(=O)Cc1cccc(O)c1. The van der Waals surface area contributed by atoms with Crippen LogP contribution in [0.25, 0.3) is 0 Å². The first-order valence-corrected chi connectivity index (χ1v) is 6.65. The zero-order chi connectivity index (χ0) is 14.5. The maximum atomic E-state index is 12.0. The average molecular weight is 331 g/mol. The third-order valence-electron chi connectivity index (χ3n) is 2.65. The van der Waals surface area contributed by atoms with E-state index in [9.17, 15) is 9.90 Å². The minimum atomic E-state index is -0.245. The van der Waals surface area contributed by atoms with Crippen LogP contribution in [0.15, 0.2) is 46.9 Å². The number of hydrogen-bond donors (Lipinski definition) is 2. The Labute approximate surface area is 124 Å². The second kappa shape index (κ2) is 6.22. The molecule has 2 rings (SSSR count). The molecule has 0 saturated heterocycles. The van der Waals surface area contributed by atoms with E-state index in [0.29, 0.717) is 16.8 Å². The summed E-state index contributed by atoms with van der Waals surface area (Å²) in [4.78, 5) is 12.0. The molecule has 0 unspecified atom stereocenters. The van der Waals surface area contributed by atoms with Gasteiger partial charge in [-0.15, -0.1) is 0 Å². The molecule has 0 spiro atoms. The second-order valence-corrected chi connectivity index (χ2v) is 5.11. The zero-order valence-corrected chi connectivity index (χ0v) is 12.0. The lowest BCUT2D eigenvalue weighted by Gasteiger charge is -2.08. The van der Waals surface area contributed by atoms with Gasteiger partial charge in [-0.2, -0.15) is 5.26 Å². The second-order valence-electron chi connectivity index (χ2n) is 4.20. The Balaban J connectivity index is 2.13. The number of nitrogens with zero attached hydrogens (tertiary/aromatic N) is 1. The van der Waals surface area contributed by atoms with E-state index >= 15 is 0 Å². The van der Waals surface area contributed by atoms with Gasteiger partial charge in [-0.25, -0.2) is 0 Å². The van der Waals surface area contributed by atoms with Crippen molar-refractivity contribution in [3.63, 3.8) is 0 Å². The van der Waals surface area contributed by atoms with Gasteiger partial charge in [-0.3, -0.25) is 4.79 Å². The minimum absolute atomic E-state index is 0.121. The summed E-state index contributed by atoms with van der Waals surface area (Å²) in [6.07, 6.45) is 0.131. The van der Waals surface area contributed by atoms with Crippen LogP contribution in [0.3, 0.4) is 0 Å². The third-order valence-corrected chi connectivity index (χ3v) is 3.14. The van der Waals surface area contributed by atoms with Gasteiger partial charge in [0.05, 0.1) is 17.7 Å². The highest BCUT2D eigenvalue weighted by atomic mass is 79.9. The third kappa shape index (κ3) is 3.59. The molecule has 0 aromatic heterocycles. The van der Waals surface area contributed by atoms with E-state index in [-0.39, 0.29) is 18.1 Å². The lowest BCUT2D eigenvalue weighted by atomic mass is 10.1. The summed E-state index contributed by atoms with van der Waals surface area (Å²) in [5.74, 6) is -0.124. The summed E-state index contributed by atoms with van der Waals surface area (Å²) in [7, 11) is 0. The summed E-state index contributed by atoms with van der Waals surface area (Å²) < 4.78 is 0.782. The number of phenolic OH excluding ortho intramolecular Hbond substituents is 1. The summed E-state index contributed by atoms with van der Waals surface area (Å²) in [6.45, 7) is 0. The Bertz CT molecular complexity index is 693. The summed E-state index contributed by atoms with van der Waals surface area (Å²) in [5, 5.41) is 21.0. The number of rotatable bonds is 3. The number of anilines is 1. The fourth-order valence-electron chi connectivity index (χ4n) is 1.76. The van der Waals surface area contributed by atoms with Gasteiger partial charge in [0.15, 0.2) is 0 Å². The number of carbonyl (C=O) groups is 1. The van der Waals surface area contributed by atoms with Gasteiger partial charge in [0.25, 0.3) is 0 Å². The van der Waals surface area contributed by atoms with Gasteiger partial charge < -0.3 is 10.4 Å². The van der Waals surface area contributed by atoms with Crippen LogP contribution in [0.2, 0.25) is 0 Å². The molecule has 5 heteroatoms. The average Bonchev–Trinajstić information content (AvgIpc) is 2.38. The van der Waals surface area contributed by atoms with Crippen molar-refractivity contribution in [2.45, 2.75) is 6.42 Å². The Morgan fingerprint density at radius 2 is 2.10 bits per heavy atom. The Hall–Kier alpha value is -2.32. The number of carbonyl (C=O) groups excluding carboxylic acids is 1. The van der Waals surface area contributed by atoms with Gasteiger partial charge in [-0.05, 0) is 35.9 Å². The summed E-state index contributed by atoms with van der Waals surface area (Å²) in [6, 6.07) is 13.6. The van der Waals surface area contributed by atoms with Crippen LogP contribution in [-0.4, -0.2) is 11.0 Å². The molecule has 1 amide bonds. The number of hydrogen-bond acceptors (Lipinski definition) is 3. The first-order chi connectivity index (χ1) is 9.58. The molecule has 0 radical (unpaired) electrons. The van der Waals surface area contributed by atoms with Gasteiger partial charge in [-0.1, -0.05) is 28.1 Å². The van der Waals surface area contributed by atoms with Gasteiger partial charge >= 0.3 is 0 Å². The maximum Gasteiger partial charge on any atom is 0.228 e. The lowest BCUT2D eigenvalue weighted by molar-refractivity contribution is -0.115. The Kier molecular flexibility index (Phi) is 4.38. The van der Waals surface area contributed by atoms with Crippen LogP contribution in [0, 0.1) is 11.3 Å². The van der Waals surface area contributed by atoms with Crippen LogP contribution < -0.4 is 5.32 Å². The molecule has 2 N–H and O–H groups in total. The van der Waals surface area contributed by atoms with E-state index in [1.165, 1.54) is 6.07 Å². The number of halogens is 1.